The molecule has 2 rings (SSSR count). The molecule has 0 spiro atoms. The maximum Gasteiger partial charge on any atom is 0.311 e. The fourth-order valence-electron chi connectivity index (χ4n) is 1.62. The van der Waals surface area contributed by atoms with Crippen molar-refractivity contribution in [2.45, 2.75) is 6.42 Å². The summed E-state index contributed by atoms with van der Waals surface area (Å²) in [7, 11) is 3.25. The molecule has 0 N–H and O–H groups in total. The average Bonchev–Trinajstić information content (AvgIpc) is 2.95. The second-order valence-corrected chi connectivity index (χ2v) is 4.93. The molecule has 5 nitrogen and oxygen atoms in total. The van der Waals surface area contributed by atoms with Crippen molar-refractivity contribution in [1.29, 1.82) is 5.26 Å². The van der Waals surface area contributed by atoms with Gasteiger partial charge in [-0.1, -0.05) is 0 Å². The predicted molar refractivity (Wildman–Crippen MR) is 77.1 cm³/mol. The first kappa shape index (κ1) is 14.0. The van der Waals surface area contributed by atoms with Crippen molar-refractivity contribution in [1.82, 2.24) is 4.98 Å². The summed E-state index contributed by atoms with van der Waals surface area (Å²) in [5.74, 6) is -0.303. The van der Waals surface area contributed by atoms with Gasteiger partial charge in [0.15, 0.2) is 5.13 Å². The average molecular weight is 287 g/mol. The maximum atomic E-state index is 11.2. The Morgan fingerprint density at radius 1 is 1.45 bits per heavy atom. The van der Waals surface area contributed by atoms with Crippen LogP contribution in [0.15, 0.2) is 29.6 Å². The van der Waals surface area contributed by atoms with E-state index in [-0.39, 0.29) is 12.4 Å². The van der Waals surface area contributed by atoms with Crippen LogP contribution in [0, 0.1) is 11.3 Å². The highest BCUT2D eigenvalue weighted by molar-refractivity contribution is 7.13. The molecule has 102 valence electrons. The first-order chi connectivity index (χ1) is 9.63. The minimum Gasteiger partial charge on any atom is -0.469 e. The Labute approximate surface area is 121 Å². The number of nitriles is 1. The molecule has 0 atom stereocenters. The van der Waals surface area contributed by atoms with E-state index in [4.69, 9.17) is 5.26 Å². The van der Waals surface area contributed by atoms with Crippen molar-refractivity contribution in [3.63, 3.8) is 0 Å². The van der Waals surface area contributed by atoms with Gasteiger partial charge in [-0.2, -0.15) is 5.26 Å². The third-order valence-electron chi connectivity index (χ3n) is 2.76. The van der Waals surface area contributed by atoms with E-state index in [0.717, 1.165) is 10.8 Å². The number of nitrogens with zero attached hydrogens (tertiary/aromatic N) is 3. The number of aromatic nitrogens is 1. The molecule has 0 aliphatic heterocycles. The normalized spacial score (nSPS) is 9.85. The number of benzene rings is 1. The Kier molecular flexibility index (Phi) is 4.33. The fraction of sp³-hybridized carbons (Fsp3) is 0.214. The van der Waals surface area contributed by atoms with Crippen LogP contribution < -0.4 is 4.90 Å². The molecule has 0 bridgehead atoms. The van der Waals surface area contributed by atoms with Gasteiger partial charge in [-0.25, -0.2) is 4.98 Å². The Morgan fingerprint density at radius 2 is 2.15 bits per heavy atom. The third-order valence-corrected chi connectivity index (χ3v) is 3.73. The number of rotatable bonds is 4. The Bertz CT molecular complexity index is 643. The Morgan fingerprint density at radius 3 is 2.75 bits per heavy atom. The summed E-state index contributed by atoms with van der Waals surface area (Å²) < 4.78 is 4.62. The molecule has 0 radical (unpaired) electrons. The number of hydrogen-bond donors (Lipinski definition) is 0. The lowest BCUT2D eigenvalue weighted by Crippen LogP contribution is -2.10. The minimum atomic E-state index is -0.303. The topological polar surface area (TPSA) is 66.2 Å². The summed E-state index contributed by atoms with van der Waals surface area (Å²) in [5.41, 5.74) is 2.24. The lowest BCUT2D eigenvalue weighted by Gasteiger charge is -2.15. The molecule has 1 aromatic carbocycles. The molecule has 0 aliphatic carbocycles. The quantitative estimate of drug-likeness (QED) is 0.808. The molecule has 6 heteroatoms. The number of anilines is 2. The van der Waals surface area contributed by atoms with E-state index in [2.05, 4.69) is 15.8 Å². The molecule has 0 unspecified atom stereocenters. The summed E-state index contributed by atoms with van der Waals surface area (Å²) in [4.78, 5) is 17.5. The monoisotopic (exact) mass is 287 g/mol. The van der Waals surface area contributed by atoms with Crippen LogP contribution in [0.5, 0.6) is 0 Å². The van der Waals surface area contributed by atoms with Crippen molar-refractivity contribution < 1.29 is 9.53 Å². The molecule has 20 heavy (non-hydrogen) atoms. The molecular formula is C14H13N3O2S. The molecular weight excluding hydrogens is 274 g/mol. The Hall–Kier alpha value is -2.39. The van der Waals surface area contributed by atoms with Crippen molar-refractivity contribution in [2.24, 2.45) is 0 Å². The fourth-order valence-corrected chi connectivity index (χ4v) is 2.43. The predicted octanol–water partition coefficient (Wildman–Crippen LogP) is 2.50. The van der Waals surface area contributed by atoms with Gasteiger partial charge in [0.25, 0.3) is 0 Å². The van der Waals surface area contributed by atoms with Crippen molar-refractivity contribution in [3.8, 4) is 6.07 Å². The van der Waals surface area contributed by atoms with Crippen molar-refractivity contribution >= 4 is 28.1 Å². The zero-order valence-corrected chi connectivity index (χ0v) is 12.0. The van der Waals surface area contributed by atoms with E-state index in [1.807, 2.05) is 29.5 Å². The van der Waals surface area contributed by atoms with E-state index in [0.29, 0.717) is 11.3 Å². The highest BCUT2D eigenvalue weighted by Crippen LogP contribution is 2.27. The lowest BCUT2D eigenvalue weighted by atomic mass is 10.2. The molecule has 2 aromatic rings. The maximum absolute atomic E-state index is 11.2. The van der Waals surface area contributed by atoms with E-state index < -0.39 is 0 Å². The summed E-state index contributed by atoms with van der Waals surface area (Å²) in [5, 5.41) is 11.4. The third kappa shape index (κ3) is 3.13. The van der Waals surface area contributed by atoms with Crippen LogP contribution >= 0.6 is 11.3 Å². The van der Waals surface area contributed by atoms with Crippen LogP contribution in [-0.2, 0) is 16.0 Å². The van der Waals surface area contributed by atoms with Gasteiger partial charge in [0.1, 0.15) is 0 Å². The highest BCUT2D eigenvalue weighted by Gasteiger charge is 2.11. The van der Waals surface area contributed by atoms with Crippen LogP contribution in [0.4, 0.5) is 10.8 Å². The number of esters is 1. The minimum absolute atomic E-state index is 0.175. The summed E-state index contributed by atoms with van der Waals surface area (Å²) >= 11 is 1.46. The number of ether oxygens (including phenoxy) is 1. The number of carbonyl (C=O) groups excluding carboxylic acids is 1. The van der Waals surface area contributed by atoms with Gasteiger partial charge < -0.3 is 9.64 Å². The van der Waals surface area contributed by atoms with Gasteiger partial charge in [-0.3, -0.25) is 4.79 Å². The van der Waals surface area contributed by atoms with Gasteiger partial charge in [-0.15, -0.1) is 11.3 Å². The summed E-state index contributed by atoms with van der Waals surface area (Å²) in [6.07, 6.45) is 0.175. The van der Waals surface area contributed by atoms with E-state index in [9.17, 15) is 4.79 Å². The standard InChI is InChI=1S/C14H13N3O2S/c1-17(12-5-3-10(8-15)4-6-12)14-16-11(9-20-14)7-13(18)19-2/h3-6,9H,7H2,1-2H3. The Balaban J connectivity index is 2.14. The first-order valence-corrected chi connectivity index (χ1v) is 6.77. The van der Waals surface area contributed by atoms with E-state index >= 15 is 0 Å². The van der Waals surface area contributed by atoms with Gasteiger partial charge >= 0.3 is 5.97 Å². The number of carbonyl (C=O) groups is 1. The first-order valence-electron chi connectivity index (χ1n) is 5.89. The lowest BCUT2D eigenvalue weighted by molar-refractivity contribution is -0.139. The van der Waals surface area contributed by atoms with Gasteiger partial charge in [-0.05, 0) is 24.3 Å². The molecule has 0 saturated heterocycles. The molecule has 0 amide bonds. The molecule has 1 aromatic heterocycles. The summed E-state index contributed by atoms with van der Waals surface area (Å²) in [6.45, 7) is 0. The van der Waals surface area contributed by atoms with E-state index in [1.165, 1.54) is 18.4 Å². The van der Waals surface area contributed by atoms with Crippen LogP contribution in [-0.4, -0.2) is 25.1 Å². The van der Waals surface area contributed by atoms with Crippen molar-refractivity contribution in [2.75, 3.05) is 19.1 Å². The molecule has 1 heterocycles. The van der Waals surface area contributed by atoms with Gasteiger partial charge in [0, 0.05) is 18.1 Å². The molecule has 0 saturated carbocycles. The number of hydrogen-bond acceptors (Lipinski definition) is 6. The molecule has 0 fully saturated rings. The number of thiazole rings is 1. The second kappa shape index (κ2) is 6.17. The molecule has 0 aliphatic rings. The smallest absolute Gasteiger partial charge is 0.311 e. The SMILES string of the molecule is COC(=O)Cc1csc(N(C)c2ccc(C#N)cc2)n1. The largest absolute Gasteiger partial charge is 0.469 e. The van der Waals surface area contributed by atoms with Crippen LogP contribution in [0.3, 0.4) is 0 Å². The van der Waals surface area contributed by atoms with Crippen LogP contribution in [0.25, 0.3) is 0 Å². The zero-order chi connectivity index (χ0) is 14.5. The van der Waals surface area contributed by atoms with Crippen LogP contribution in [0.1, 0.15) is 11.3 Å². The van der Waals surface area contributed by atoms with Crippen LogP contribution in [0.2, 0.25) is 0 Å². The second-order valence-electron chi connectivity index (χ2n) is 4.09. The van der Waals surface area contributed by atoms with E-state index in [1.54, 1.807) is 12.1 Å². The number of methoxy groups -OCH3 is 1. The zero-order valence-electron chi connectivity index (χ0n) is 11.2. The highest BCUT2D eigenvalue weighted by atomic mass is 32.1. The summed E-state index contributed by atoms with van der Waals surface area (Å²) in [6, 6.07) is 9.32. The van der Waals surface area contributed by atoms with Crippen molar-refractivity contribution in [3.05, 3.63) is 40.9 Å². The van der Waals surface area contributed by atoms with Gasteiger partial charge in [0.05, 0.1) is 30.9 Å². The van der Waals surface area contributed by atoms with Gasteiger partial charge in [0.2, 0.25) is 0 Å².